The van der Waals surface area contributed by atoms with Crippen molar-refractivity contribution in [3.63, 3.8) is 0 Å². The molecule has 3 heteroatoms. The summed E-state index contributed by atoms with van der Waals surface area (Å²) in [6, 6.07) is 6.35. The Morgan fingerprint density at radius 2 is 2.27 bits per heavy atom. The summed E-state index contributed by atoms with van der Waals surface area (Å²) < 4.78 is 0. The maximum atomic E-state index is 5.62. The molecule has 0 aliphatic carbocycles. The SMILES string of the molecule is CCc1ccc2nc(C(C)CN)[nH]c2c1. The molecule has 0 aliphatic rings. The number of aromatic amines is 1. The van der Waals surface area contributed by atoms with E-state index in [2.05, 4.69) is 42.0 Å². The summed E-state index contributed by atoms with van der Waals surface area (Å²) in [6.07, 6.45) is 1.05. The molecule has 3 N–H and O–H groups in total. The third-order valence-corrected chi connectivity index (χ3v) is 2.79. The maximum absolute atomic E-state index is 5.62. The third-order valence-electron chi connectivity index (χ3n) is 2.79. The number of hydrogen-bond acceptors (Lipinski definition) is 2. The van der Waals surface area contributed by atoms with E-state index >= 15 is 0 Å². The van der Waals surface area contributed by atoms with Crippen LogP contribution < -0.4 is 5.73 Å². The number of aryl methyl sites for hydroxylation is 1. The Kier molecular flexibility index (Phi) is 2.73. The largest absolute Gasteiger partial charge is 0.342 e. The number of rotatable bonds is 3. The predicted molar refractivity (Wildman–Crippen MR) is 62.9 cm³/mol. The van der Waals surface area contributed by atoms with Crippen LogP contribution in [0.2, 0.25) is 0 Å². The van der Waals surface area contributed by atoms with Crippen LogP contribution in [0.3, 0.4) is 0 Å². The monoisotopic (exact) mass is 203 g/mol. The first kappa shape index (κ1) is 10.2. The Hall–Kier alpha value is -1.35. The highest BCUT2D eigenvalue weighted by atomic mass is 14.9. The van der Waals surface area contributed by atoms with E-state index in [0.717, 1.165) is 23.3 Å². The van der Waals surface area contributed by atoms with E-state index in [1.807, 2.05) is 0 Å². The highest BCUT2D eigenvalue weighted by Gasteiger charge is 2.08. The second-order valence-corrected chi connectivity index (χ2v) is 3.96. The fraction of sp³-hybridized carbons (Fsp3) is 0.417. The average molecular weight is 203 g/mol. The molecule has 3 nitrogen and oxygen atoms in total. The van der Waals surface area contributed by atoms with E-state index in [0.29, 0.717) is 12.5 Å². The van der Waals surface area contributed by atoms with Crippen LogP contribution in [0.25, 0.3) is 11.0 Å². The van der Waals surface area contributed by atoms with Crippen LogP contribution in [-0.4, -0.2) is 16.5 Å². The number of imidazole rings is 1. The Morgan fingerprint density at radius 1 is 1.47 bits per heavy atom. The second-order valence-electron chi connectivity index (χ2n) is 3.96. The average Bonchev–Trinajstić information content (AvgIpc) is 2.70. The van der Waals surface area contributed by atoms with E-state index in [1.165, 1.54) is 5.56 Å². The molecule has 0 amide bonds. The van der Waals surface area contributed by atoms with Gasteiger partial charge in [-0.25, -0.2) is 4.98 Å². The van der Waals surface area contributed by atoms with E-state index < -0.39 is 0 Å². The lowest BCUT2D eigenvalue weighted by Crippen LogP contribution is -2.10. The van der Waals surface area contributed by atoms with Gasteiger partial charge in [-0.2, -0.15) is 0 Å². The molecule has 0 fully saturated rings. The zero-order valence-electron chi connectivity index (χ0n) is 9.25. The van der Waals surface area contributed by atoms with Gasteiger partial charge in [0, 0.05) is 12.5 Å². The van der Waals surface area contributed by atoms with E-state index in [9.17, 15) is 0 Å². The zero-order chi connectivity index (χ0) is 10.8. The van der Waals surface area contributed by atoms with Crippen LogP contribution in [0.5, 0.6) is 0 Å². The fourth-order valence-corrected chi connectivity index (χ4v) is 1.64. The molecule has 1 heterocycles. The Balaban J connectivity index is 2.46. The molecule has 1 atom stereocenters. The molecule has 0 radical (unpaired) electrons. The minimum atomic E-state index is 0.294. The van der Waals surface area contributed by atoms with Crippen LogP contribution in [-0.2, 0) is 6.42 Å². The predicted octanol–water partition coefficient (Wildman–Crippen LogP) is 2.19. The lowest BCUT2D eigenvalue weighted by atomic mass is 10.1. The minimum Gasteiger partial charge on any atom is -0.342 e. The fourth-order valence-electron chi connectivity index (χ4n) is 1.64. The van der Waals surface area contributed by atoms with Crippen molar-refractivity contribution in [2.45, 2.75) is 26.2 Å². The standard InChI is InChI=1S/C12H17N3/c1-3-9-4-5-10-11(6-9)15-12(14-10)8(2)7-13/h4-6,8H,3,7,13H2,1-2H3,(H,14,15). The van der Waals surface area contributed by atoms with Crippen molar-refractivity contribution in [3.8, 4) is 0 Å². The first-order chi connectivity index (χ1) is 7.24. The molecule has 15 heavy (non-hydrogen) atoms. The van der Waals surface area contributed by atoms with Crippen molar-refractivity contribution in [1.82, 2.24) is 9.97 Å². The molecule has 1 aromatic heterocycles. The molecule has 0 spiro atoms. The maximum Gasteiger partial charge on any atom is 0.111 e. The Morgan fingerprint density at radius 3 is 2.93 bits per heavy atom. The number of nitrogens with one attached hydrogen (secondary N) is 1. The summed E-state index contributed by atoms with van der Waals surface area (Å²) in [7, 11) is 0. The van der Waals surface area contributed by atoms with Gasteiger partial charge in [0.1, 0.15) is 5.82 Å². The lowest BCUT2D eigenvalue weighted by molar-refractivity contribution is 0.728. The van der Waals surface area contributed by atoms with Gasteiger partial charge < -0.3 is 10.7 Å². The number of hydrogen-bond donors (Lipinski definition) is 2. The molecule has 80 valence electrons. The van der Waals surface area contributed by atoms with Crippen LogP contribution in [0.15, 0.2) is 18.2 Å². The van der Waals surface area contributed by atoms with Crippen molar-refractivity contribution >= 4 is 11.0 Å². The van der Waals surface area contributed by atoms with Crippen molar-refractivity contribution < 1.29 is 0 Å². The van der Waals surface area contributed by atoms with E-state index in [-0.39, 0.29) is 0 Å². The summed E-state index contributed by atoms with van der Waals surface area (Å²) in [5.41, 5.74) is 9.10. The Labute approximate surface area is 89.7 Å². The molecule has 2 aromatic rings. The molecule has 0 aliphatic heterocycles. The first-order valence-electron chi connectivity index (χ1n) is 5.43. The van der Waals surface area contributed by atoms with Gasteiger partial charge in [0.25, 0.3) is 0 Å². The van der Waals surface area contributed by atoms with Gasteiger partial charge in [0.05, 0.1) is 11.0 Å². The molecule has 0 saturated carbocycles. The van der Waals surface area contributed by atoms with Crippen LogP contribution in [0.1, 0.15) is 31.2 Å². The topological polar surface area (TPSA) is 54.7 Å². The number of nitrogens with zero attached hydrogens (tertiary/aromatic N) is 1. The van der Waals surface area contributed by atoms with Crippen molar-refractivity contribution in [2.75, 3.05) is 6.54 Å². The summed E-state index contributed by atoms with van der Waals surface area (Å²) in [5, 5.41) is 0. The van der Waals surface area contributed by atoms with Crippen LogP contribution >= 0.6 is 0 Å². The van der Waals surface area contributed by atoms with Gasteiger partial charge in [-0.05, 0) is 24.1 Å². The molecule has 2 rings (SSSR count). The number of H-pyrrole nitrogens is 1. The third kappa shape index (κ3) is 1.88. The van der Waals surface area contributed by atoms with Crippen molar-refractivity contribution in [2.24, 2.45) is 5.73 Å². The van der Waals surface area contributed by atoms with Gasteiger partial charge in [-0.1, -0.05) is 19.9 Å². The number of fused-ring (bicyclic) bond motifs is 1. The van der Waals surface area contributed by atoms with Gasteiger partial charge in [-0.15, -0.1) is 0 Å². The molecule has 0 saturated heterocycles. The molecule has 1 aromatic carbocycles. The lowest BCUT2D eigenvalue weighted by Gasteiger charge is -2.01. The van der Waals surface area contributed by atoms with Crippen molar-refractivity contribution in [1.29, 1.82) is 0 Å². The van der Waals surface area contributed by atoms with E-state index in [1.54, 1.807) is 0 Å². The highest BCUT2D eigenvalue weighted by molar-refractivity contribution is 5.76. The Bertz CT molecular complexity index is 459. The number of benzene rings is 1. The van der Waals surface area contributed by atoms with Gasteiger partial charge >= 0.3 is 0 Å². The molecular formula is C12H17N3. The molecule has 1 unspecified atom stereocenters. The summed E-state index contributed by atoms with van der Waals surface area (Å²) in [6.45, 7) is 4.86. The summed E-state index contributed by atoms with van der Waals surface area (Å²) >= 11 is 0. The van der Waals surface area contributed by atoms with Gasteiger partial charge in [0.2, 0.25) is 0 Å². The molecule has 0 bridgehead atoms. The summed E-state index contributed by atoms with van der Waals surface area (Å²) in [4.78, 5) is 7.85. The van der Waals surface area contributed by atoms with Crippen LogP contribution in [0.4, 0.5) is 0 Å². The van der Waals surface area contributed by atoms with Gasteiger partial charge in [0.15, 0.2) is 0 Å². The molecular weight excluding hydrogens is 186 g/mol. The van der Waals surface area contributed by atoms with Crippen LogP contribution in [0, 0.1) is 0 Å². The smallest absolute Gasteiger partial charge is 0.111 e. The normalized spacial score (nSPS) is 13.3. The highest BCUT2D eigenvalue weighted by Crippen LogP contribution is 2.18. The zero-order valence-corrected chi connectivity index (χ0v) is 9.25. The quantitative estimate of drug-likeness (QED) is 0.803. The van der Waals surface area contributed by atoms with Crippen molar-refractivity contribution in [3.05, 3.63) is 29.6 Å². The minimum absolute atomic E-state index is 0.294. The first-order valence-corrected chi connectivity index (χ1v) is 5.43. The van der Waals surface area contributed by atoms with E-state index in [4.69, 9.17) is 5.73 Å². The van der Waals surface area contributed by atoms with Gasteiger partial charge in [-0.3, -0.25) is 0 Å². The number of nitrogens with two attached hydrogens (primary N) is 1. The second kappa shape index (κ2) is 4.03. The number of aromatic nitrogens is 2. The summed E-state index contributed by atoms with van der Waals surface area (Å²) in [5.74, 6) is 1.28.